The van der Waals surface area contributed by atoms with Crippen LogP contribution in [0.2, 0.25) is 0 Å². The maximum atomic E-state index is 12.0. The minimum absolute atomic E-state index is 0.00998. The number of nitrogens with zero attached hydrogens (tertiary/aromatic N) is 1. The smallest absolute Gasteiger partial charge is 0.226 e. The number of aryl methyl sites for hydroxylation is 1. The summed E-state index contributed by atoms with van der Waals surface area (Å²) in [6.45, 7) is 4.63. The molecule has 0 atom stereocenters. The minimum Gasteiger partial charge on any atom is -0.356 e. The Hall–Kier alpha value is -2.46. The number of rotatable bonds is 5. The van der Waals surface area contributed by atoms with Gasteiger partial charge in [-0.3, -0.25) is 4.79 Å². The van der Waals surface area contributed by atoms with Crippen LogP contribution in [0, 0.1) is 6.92 Å². The van der Waals surface area contributed by atoms with E-state index in [1.54, 1.807) is 11.3 Å². The summed E-state index contributed by atoms with van der Waals surface area (Å²) in [6, 6.07) is 18.5. The highest BCUT2D eigenvalue weighted by atomic mass is 32.1. The number of amides is 1. The van der Waals surface area contributed by atoms with Crippen LogP contribution >= 0.6 is 11.3 Å². The zero-order valence-electron chi connectivity index (χ0n) is 13.9. The van der Waals surface area contributed by atoms with Crippen LogP contribution < -0.4 is 5.32 Å². The number of hydrogen-bond acceptors (Lipinski definition) is 3. The van der Waals surface area contributed by atoms with Crippen LogP contribution in [0.1, 0.15) is 18.2 Å². The molecule has 1 heterocycles. The molecule has 0 aliphatic rings. The Labute approximate surface area is 146 Å². The molecule has 3 rings (SSSR count). The fourth-order valence-corrected chi connectivity index (χ4v) is 3.61. The first-order chi connectivity index (χ1) is 11.7. The van der Waals surface area contributed by atoms with Crippen molar-refractivity contribution < 1.29 is 4.79 Å². The highest BCUT2D eigenvalue weighted by molar-refractivity contribution is 7.18. The highest BCUT2D eigenvalue weighted by Gasteiger charge is 2.16. The molecule has 0 radical (unpaired) electrons. The molecule has 0 saturated heterocycles. The van der Waals surface area contributed by atoms with Gasteiger partial charge in [-0.1, -0.05) is 60.2 Å². The van der Waals surface area contributed by atoms with Crippen molar-refractivity contribution in [1.82, 2.24) is 10.3 Å². The van der Waals surface area contributed by atoms with E-state index in [0.717, 1.165) is 26.7 Å². The lowest BCUT2D eigenvalue weighted by molar-refractivity contribution is -0.120. The maximum absolute atomic E-state index is 12.0. The molecular formula is C20H20N2OS. The van der Waals surface area contributed by atoms with Crippen LogP contribution in [0.3, 0.4) is 0 Å². The van der Waals surface area contributed by atoms with Gasteiger partial charge in [0.2, 0.25) is 5.91 Å². The summed E-state index contributed by atoms with van der Waals surface area (Å²) in [5, 5.41) is 3.81. The second-order valence-electron chi connectivity index (χ2n) is 5.66. The molecule has 1 aromatic heterocycles. The summed E-state index contributed by atoms with van der Waals surface area (Å²) in [5.74, 6) is 0.00998. The van der Waals surface area contributed by atoms with Gasteiger partial charge in [-0.15, -0.1) is 11.3 Å². The summed E-state index contributed by atoms with van der Waals surface area (Å²) >= 11 is 1.64. The van der Waals surface area contributed by atoms with Crippen molar-refractivity contribution in [2.45, 2.75) is 20.3 Å². The van der Waals surface area contributed by atoms with Crippen LogP contribution in [0.5, 0.6) is 0 Å². The molecular weight excluding hydrogens is 316 g/mol. The first-order valence-corrected chi connectivity index (χ1v) is 8.88. The van der Waals surface area contributed by atoms with Crippen LogP contribution in [0.15, 0.2) is 54.6 Å². The van der Waals surface area contributed by atoms with Gasteiger partial charge < -0.3 is 5.32 Å². The number of aromatic nitrogens is 1. The van der Waals surface area contributed by atoms with Gasteiger partial charge in [-0.2, -0.15) is 0 Å². The Bertz CT molecular complexity index is 823. The largest absolute Gasteiger partial charge is 0.356 e. The first kappa shape index (κ1) is 16.4. The molecule has 3 nitrogen and oxygen atoms in total. The van der Waals surface area contributed by atoms with Crippen LogP contribution in [0.25, 0.3) is 21.0 Å². The van der Waals surface area contributed by atoms with Gasteiger partial charge in [0.1, 0.15) is 5.01 Å². The average molecular weight is 336 g/mol. The topological polar surface area (TPSA) is 42.0 Å². The molecule has 1 amide bonds. The normalized spacial score (nSPS) is 10.6. The number of carbonyl (C=O) groups is 1. The predicted molar refractivity (Wildman–Crippen MR) is 100 cm³/mol. The predicted octanol–water partition coefficient (Wildman–Crippen LogP) is 4.46. The lowest BCUT2D eigenvalue weighted by Crippen LogP contribution is -2.24. The SMILES string of the molecule is CCNC(=O)Cc1nc(-c2ccccc2)sc1-c1ccc(C)cc1. The number of hydrogen-bond donors (Lipinski definition) is 1. The van der Waals surface area contributed by atoms with Crippen molar-refractivity contribution in [2.75, 3.05) is 6.54 Å². The standard InChI is InChI=1S/C20H20N2OS/c1-3-21-18(23)13-17-19(15-11-9-14(2)10-12-15)24-20(22-17)16-7-5-4-6-8-16/h4-12H,3,13H2,1-2H3,(H,21,23). The third kappa shape index (κ3) is 3.71. The van der Waals surface area contributed by atoms with Crippen LogP contribution in [-0.2, 0) is 11.2 Å². The van der Waals surface area contributed by atoms with E-state index in [-0.39, 0.29) is 5.91 Å². The summed E-state index contributed by atoms with van der Waals surface area (Å²) in [4.78, 5) is 17.9. The molecule has 4 heteroatoms. The molecule has 24 heavy (non-hydrogen) atoms. The van der Waals surface area contributed by atoms with Gasteiger partial charge in [-0.05, 0) is 19.4 Å². The fraction of sp³-hybridized carbons (Fsp3) is 0.200. The molecule has 0 bridgehead atoms. The zero-order chi connectivity index (χ0) is 16.9. The summed E-state index contributed by atoms with van der Waals surface area (Å²) in [6.07, 6.45) is 0.306. The molecule has 1 N–H and O–H groups in total. The summed E-state index contributed by atoms with van der Waals surface area (Å²) in [5.41, 5.74) is 4.25. The molecule has 0 aliphatic heterocycles. The van der Waals surface area contributed by atoms with E-state index >= 15 is 0 Å². The third-order valence-corrected chi connectivity index (χ3v) is 4.93. The van der Waals surface area contributed by atoms with Crippen molar-refractivity contribution in [3.05, 3.63) is 65.9 Å². The van der Waals surface area contributed by atoms with Crippen molar-refractivity contribution in [3.63, 3.8) is 0 Å². The van der Waals surface area contributed by atoms with Crippen molar-refractivity contribution >= 4 is 17.2 Å². The second kappa shape index (κ2) is 7.41. The molecule has 0 unspecified atom stereocenters. The van der Waals surface area contributed by atoms with Gasteiger partial charge >= 0.3 is 0 Å². The van der Waals surface area contributed by atoms with E-state index in [9.17, 15) is 4.79 Å². The molecule has 122 valence electrons. The molecule has 0 fully saturated rings. The van der Waals surface area contributed by atoms with Crippen LogP contribution in [-0.4, -0.2) is 17.4 Å². The van der Waals surface area contributed by atoms with Gasteiger partial charge in [0.25, 0.3) is 0 Å². The Balaban J connectivity index is 2.02. The molecule has 3 aromatic rings. The second-order valence-corrected chi connectivity index (χ2v) is 6.66. The number of carbonyl (C=O) groups excluding carboxylic acids is 1. The van der Waals surface area contributed by atoms with E-state index in [1.165, 1.54) is 5.56 Å². The Morgan fingerprint density at radius 2 is 1.75 bits per heavy atom. The number of thiazole rings is 1. The zero-order valence-corrected chi connectivity index (χ0v) is 14.7. The lowest BCUT2D eigenvalue weighted by atomic mass is 10.1. The number of benzene rings is 2. The quantitative estimate of drug-likeness (QED) is 0.747. The number of likely N-dealkylation sites (N-methyl/N-ethyl adjacent to an activating group) is 1. The molecule has 0 saturated carbocycles. The Kier molecular flexibility index (Phi) is 5.06. The summed E-state index contributed by atoms with van der Waals surface area (Å²) < 4.78 is 0. The van der Waals surface area contributed by atoms with E-state index < -0.39 is 0 Å². The Morgan fingerprint density at radius 3 is 2.42 bits per heavy atom. The summed E-state index contributed by atoms with van der Waals surface area (Å²) in [7, 11) is 0. The van der Waals surface area contributed by atoms with Gasteiger partial charge in [-0.25, -0.2) is 4.98 Å². The van der Waals surface area contributed by atoms with Crippen molar-refractivity contribution in [2.24, 2.45) is 0 Å². The fourth-order valence-electron chi connectivity index (χ4n) is 2.52. The molecule has 0 spiro atoms. The average Bonchev–Trinajstić information content (AvgIpc) is 3.00. The van der Waals surface area contributed by atoms with E-state index in [4.69, 9.17) is 4.98 Å². The van der Waals surface area contributed by atoms with E-state index in [1.807, 2.05) is 37.3 Å². The van der Waals surface area contributed by atoms with Crippen LogP contribution in [0.4, 0.5) is 0 Å². The Morgan fingerprint density at radius 1 is 1.04 bits per heavy atom. The molecule has 0 aliphatic carbocycles. The van der Waals surface area contributed by atoms with Crippen molar-refractivity contribution in [1.29, 1.82) is 0 Å². The monoisotopic (exact) mass is 336 g/mol. The van der Waals surface area contributed by atoms with Gasteiger partial charge in [0.15, 0.2) is 0 Å². The van der Waals surface area contributed by atoms with Crippen molar-refractivity contribution in [3.8, 4) is 21.0 Å². The first-order valence-electron chi connectivity index (χ1n) is 8.06. The number of nitrogens with one attached hydrogen (secondary N) is 1. The minimum atomic E-state index is 0.00998. The lowest BCUT2D eigenvalue weighted by Gasteiger charge is -2.03. The van der Waals surface area contributed by atoms with E-state index in [0.29, 0.717) is 13.0 Å². The van der Waals surface area contributed by atoms with Gasteiger partial charge in [0, 0.05) is 12.1 Å². The third-order valence-electron chi connectivity index (χ3n) is 3.73. The van der Waals surface area contributed by atoms with Gasteiger partial charge in [0.05, 0.1) is 17.0 Å². The maximum Gasteiger partial charge on any atom is 0.226 e. The van der Waals surface area contributed by atoms with E-state index in [2.05, 4.69) is 36.5 Å². The molecule has 2 aromatic carbocycles. The highest BCUT2D eigenvalue weighted by Crippen LogP contribution is 2.35.